The van der Waals surface area contributed by atoms with Crippen LogP contribution in [0.15, 0.2) is 40.9 Å². The minimum atomic E-state index is -3.42. The molecule has 0 spiro atoms. The van der Waals surface area contributed by atoms with Crippen LogP contribution in [0, 0.1) is 11.3 Å². The van der Waals surface area contributed by atoms with Gasteiger partial charge in [0.1, 0.15) is 5.82 Å². The average Bonchev–Trinajstić information content (AvgIpc) is 3.78. The predicted octanol–water partition coefficient (Wildman–Crippen LogP) is 4.78. The molecule has 3 aromatic rings. The molecule has 8 bridgehead atoms. The lowest BCUT2D eigenvalue weighted by atomic mass is 9.79. The van der Waals surface area contributed by atoms with Crippen LogP contribution in [0.3, 0.4) is 0 Å². The molecule has 1 aliphatic carbocycles. The molecule has 12 heteroatoms. The summed E-state index contributed by atoms with van der Waals surface area (Å²) in [6, 6.07) is 9.45. The van der Waals surface area contributed by atoms with Crippen molar-refractivity contribution in [3.05, 3.63) is 36.5 Å². The Morgan fingerprint density at radius 1 is 1.00 bits per heavy atom. The fraction of sp³-hybridized carbons (Fsp3) is 0.562. The van der Waals surface area contributed by atoms with Crippen molar-refractivity contribution in [2.75, 3.05) is 47.2 Å². The van der Waals surface area contributed by atoms with E-state index < -0.39 is 10.0 Å². The number of nitrogens with one attached hydrogen (secondary N) is 1. The Kier molecular flexibility index (Phi) is 7.30. The molecule has 2 saturated heterocycles. The number of carbonyl (C=O) groups excluding carboxylic acids is 1. The number of piperidine rings is 2. The standard InChI is InChI=1S/C32H41N7O4S/c1-21(2)39-20-32(3)11-15-37(16-12-32)27-18-24(36-44(41,42)25-7-8-25)6-9-26(27)30-35-34-29(43-30)22-10-13-33-28(17-22)38-14-4-5-23(19-38)31(39)40/h6,9-10,13,17-18,21,23,25,36H,4-5,7-8,11-12,14-16,19-20H2,1-3H3. The Bertz CT molecular complexity index is 1660. The van der Waals surface area contributed by atoms with Crippen molar-refractivity contribution in [1.82, 2.24) is 20.1 Å². The largest absolute Gasteiger partial charge is 0.416 e. The van der Waals surface area contributed by atoms with E-state index >= 15 is 0 Å². The zero-order chi connectivity index (χ0) is 30.6. The monoisotopic (exact) mass is 619 g/mol. The highest BCUT2D eigenvalue weighted by molar-refractivity contribution is 7.93. The molecule has 1 unspecified atom stereocenters. The van der Waals surface area contributed by atoms with Gasteiger partial charge in [-0.3, -0.25) is 9.52 Å². The van der Waals surface area contributed by atoms with Crippen LogP contribution < -0.4 is 14.5 Å². The van der Waals surface area contributed by atoms with Crippen LogP contribution in [0.2, 0.25) is 0 Å². The van der Waals surface area contributed by atoms with E-state index in [1.54, 1.807) is 12.3 Å². The van der Waals surface area contributed by atoms with Crippen molar-refractivity contribution in [3.63, 3.8) is 0 Å². The van der Waals surface area contributed by atoms with Crippen LogP contribution in [-0.4, -0.2) is 78.4 Å². The highest BCUT2D eigenvalue weighted by Gasteiger charge is 2.39. The van der Waals surface area contributed by atoms with Gasteiger partial charge in [0.15, 0.2) is 0 Å². The summed E-state index contributed by atoms with van der Waals surface area (Å²) < 4.78 is 34.6. The zero-order valence-corrected chi connectivity index (χ0v) is 26.5. The SMILES string of the molecule is CC(C)N1CC2(C)CCN(CC2)c2cc(NS(=O)(=O)C3CC3)ccc2-c2nnc(o2)-c2ccnc(c2)N2CCCC(C2)C1=O. The second kappa shape index (κ2) is 11.0. The van der Waals surface area contributed by atoms with Gasteiger partial charge in [0, 0.05) is 50.5 Å². The fourth-order valence-corrected chi connectivity index (χ4v) is 8.21. The van der Waals surface area contributed by atoms with Gasteiger partial charge in [-0.15, -0.1) is 10.2 Å². The average molecular weight is 620 g/mol. The maximum Gasteiger partial charge on any atom is 0.250 e. The Balaban J connectivity index is 1.30. The molecule has 4 aliphatic heterocycles. The predicted molar refractivity (Wildman–Crippen MR) is 170 cm³/mol. The van der Waals surface area contributed by atoms with E-state index in [9.17, 15) is 13.2 Å². The Morgan fingerprint density at radius 2 is 1.77 bits per heavy atom. The first kappa shape index (κ1) is 29.1. The molecule has 8 rings (SSSR count). The highest BCUT2D eigenvalue weighted by atomic mass is 32.2. The number of hydrogen-bond acceptors (Lipinski definition) is 9. The van der Waals surface area contributed by atoms with Gasteiger partial charge in [0.2, 0.25) is 27.7 Å². The normalized spacial score (nSPS) is 24.2. The number of aromatic nitrogens is 3. The van der Waals surface area contributed by atoms with Gasteiger partial charge in [0.25, 0.3) is 0 Å². The van der Waals surface area contributed by atoms with E-state index in [2.05, 4.69) is 55.4 Å². The van der Waals surface area contributed by atoms with Gasteiger partial charge >= 0.3 is 0 Å². The zero-order valence-electron chi connectivity index (χ0n) is 25.7. The summed E-state index contributed by atoms with van der Waals surface area (Å²) >= 11 is 0. The van der Waals surface area contributed by atoms with E-state index in [0.29, 0.717) is 43.4 Å². The van der Waals surface area contributed by atoms with Crippen molar-refractivity contribution in [2.24, 2.45) is 11.3 Å². The number of anilines is 3. The summed E-state index contributed by atoms with van der Waals surface area (Å²) in [5.74, 6) is 1.70. The van der Waals surface area contributed by atoms with Crippen molar-refractivity contribution in [3.8, 4) is 22.9 Å². The van der Waals surface area contributed by atoms with Crippen LogP contribution in [0.25, 0.3) is 22.9 Å². The highest BCUT2D eigenvalue weighted by Crippen LogP contribution is 2.41. The molecule has 2 aromatic heterocycles. The van der Waals surface area contributed by atoms with Crippen molar-refractivity contribution in [2.45, 2.75) is 70.6 Å². The Hall–Kier alpha value is -3.67. The number of hydrogen-bond donors (Lipinski definition) is 1. The lowest BCUT2D eigenvalue weighted by Gasteiger charge is -2.45. The number of benzene rings is 1. The molecular weight excluding hydrogens is 578 g/mol. The number of fused-ring (bicyclic) bond motifs is 4. The van der Waals surface area contributed by atoms with Crippen LogP contribution in [0.4, 0.5) is 17.2 Å². The third-order valence-corrected chi connectivity index (χ3v) is 11.6. The third kappa shape index (κ3) is 5.64. The first-order valence-electron chi connectivity index (χ1n) is 15.8. The summed E-state index contributed by atoms with van der Waals surface area (Å²) in [5.41, 5.74) is 2.86. The molecular formula is C32H41N7O4S. The molecule has 1 amide bonds. The summed E-state index contributed by atoms with van der Waals surface area (Å²) in [7, 11) is -3.42. The quantitative estimate of drug-likeness (QED) is 0.439. The first-order chi connectivity index (χ1) is 21.1. The van der Waals surface area contributed by atoms with Crippen LogP contribution in [-0.2, 0) is 14.8 Å². The molecule has 1 saturated carbocycles. The number of rotatable bonds is 4. The van der Waals surface area contributed by atoms with Crippen molar-refractivity contribution in [1.29, 1.82) is 0 Å². The van der Waals surface area contributed by atoms with Crippen molar-refractivity contribution < 1.29 is 17.6 Å². The number of nitrogens with zero attached hydrogens (tertiary/aromatic N) is 6. The van der Waals surface area contributed by atoms with Crippen LogP contribution in [0.5, 0.6) is 0 Å². The molecule has 44 heavy (non-hydrogen) atoms. The number of amides is 1. The summed E-state index contributed by atoms with van der Waals surface area (Å²) in [4.78, 5) is 25.3. The van der Waals surface area contributed by atoms with E-state index in [1.807, 2.05) is 24.3 Å². The molecule has 1 atom stereocenters. The molecule has 11 nitrogen and oxygen atoms in total. The fourth-order valence-electron chi connectivity index (χ4n) is 6.83. The van der Waals surface area contributed by atoms with Gasteiger partial charge < -0.3 is 19.1 Å². The number of carbonyl (C=O) groups is 1. The van der Waals surface area contributed by atoms with Gasteiger partial charge in [-0.2, -0.15) is 0 Å². The molecule has 0 radical (unpaired) electrons. The second-order valence-corrected chi connectivity index (χ2v) is 15.5. The third-order valence-electron chi connectivity index (χ3n) is 9.73. The maximum absolute atomic E-state index is 14.1. The van der Waals surface area contributed by atoms with Crippen LogP contribution in [0.1, 0.15) is 59.3 Å². The topological polar surface area (TPSA) is 125 Å². The van der Waals surface area contributed by atoms with Crippen LogP contribution >= 0.6 is 0 Å². The molecule has 6 heterocycles. The number of sulfonamides is 1. The summed E-state index contributed by atoms with van der Waals surface area (Å²) in [6.07, 6.45) is 6.72. The van der Waals surface area contributed by atoms with Crippen molar-refractivity contribution >= 4 is 33.1 Å². The van der Waals surface area contributed by atoms with E-state index in [1.165, 1.54) is 0 Å². The minimum absolute atomic E-state index is 0.0465. The van der Waals surface area contributed by atoms with E-state index in [0.717, 1.165) is 67.9 Å². The lowest BCUT2D eigenvalue weighted by Crippen LogP contribution is -2.52. The number of pyridine rings is 1. The van der Waals surface area contributed by atoms with E-state index in [-0.39, 0.29) is 28.5 Å². The van der Waals surface area contributed by atoms with E-state index in [4.69, 9.17) is 4.42 Å². The molecule has 5 aliphatic rings. The molecule has 234 valence electrons. The van der Waals surface area contributed by atoms with Gasteiger partial charge in [0.05, 0.1) is 28.1 Å². The summed E-state index contributed by atoms with van der Waals surface area (Å²) in [6.45, 7) is 10.2. The van der Waals surface area contributed by atoms with Gasteiger partial charge in [-0.1, -0.05) is 6.92 Å². The van der Waals surface area contributed by atoms with Gasteiger partial charge in [-0.25, -0.2) is 13.4 Å². The molecule has 3 fully saturated rings. The lowest BCUT2D eigenvalue weighted by molar-refractivity contribution is -0.139. The second-order valence-electron chi connectivity index (χ2n) is 13.5. The molecule has 1 aromatic carbocycles. The Labute approximate surface area is 259 Å². The smallest absolute Gasteiger partial charge is 0.250 e. The minimum Gasteiger partial charge on any atom is -0.416 e. The maximum atomic E-state index is 14.1. The van der Waals surface area contributed by atoms with Gasteiger partial charge in [-0.05, 0) is 88.1 Å². The molecule has 1 N–H and O–H groups in total. The Morgan fingerprint density at radius 3 is 2.52 bits per heavy atom. The summed E-state index contributed by atoms with van der Waals surface area (Å²) in [5, 5.41) is 8.52. The first-order valence-corrected chi connectivity index (χ1v) is 17.4.